The molecular formula is C9H8F2N2S. The summed E-state index contributed by atoms with van der Waals surface area (Å²) in [5.74, 6) is 0. The van der Waals surface area contributed by atoms with Gasteiger partial charge in [0.1, 0.15) is 0 Å². The normalized spacial score (nSPS) is 11.4. The van der Waals surface area contributed by atoms with Crippen LogP contribution in [0.3, 0.4) is 0 Å². The van der Waals surface area contributed by atoms with Gasteiger partial charge < -0.3 is 11.5 Å². The topological polar surface area (TPSA) is 52.0 Å². The Balaban J connectivity index is 2.81. The summed E-state index contributed by atoms with van der Waals surface area (Å²) in [7, 11) is 0. The van der Waals surface area contributed by atoms with Gasteiger partial charge >= 0.3 is 0 Å². The Morgan fingerprint density at radius 2 is 1.93 bits per heavy atom. The highest BCUT2D eigenvalue weighted by atomic mass is 32.1. The van der Waals surface area contributed by atoms with Crippen LogP contribution in [0.5, 0.6) is 0 Å². The molecule has 0 unspecified atom stereocenters. The van der Waals surface area contributed by atoms with Crippen molar-refractivity contribution in [2.45, 2.75) is 6.43 Å². The molecule has 0 aliphatic carbocycles. The number of hydrogen-bond acceptors (Lipinski definition) is 3. The molecule has 0 saturated carbocycles. The second-order valence-corrected chi connectivity index (χ2v) is 4.02. The molecule has 0 aliphatic heterocycles. The Morgan fingerprint density at radius 3 is 2.57 bits per heavy atom. The van der Waals surface area contributed by atoms with E-state index in [1.54, 1.807) is 6.07 Å². The van der Waals surface area contributed by atoms with Gasteiger partial charge in [0.25, 0.3) is 6.43 Å². The minimum absolute atomic E-state index is 0.00380. The maximum absolute atomic E-state index is 12.6. The van der Waals surface area contributed by atoms with Gasteiger partial charge in [0.15, 0.2) is 0 Å². The van der Waals surface area contributed by atoms with Crippen LogP contribution in [0.25, 0.3) is 10.1 Å². The van der Waals surface area contributed by atoms with Crippen LogP contribution in [0.4, 0.5) is 19.5 Å². The summed E-state index contributed by atoms with van der Waals surface area (Å²) in [6.45, 7) is 0. The Labute approximate surface area is 83.1 Å². The summed E-state index contributed by atoms with van der Waals surface area (Å²) in [4.78, 5) is 0. The van der Waals surface area contributed by atoms with E-state index in [1.165, 1.54) is 12.1 Å². The number of nitrogens with two attached hydrogens (primary N) is 2. The average Bonchev–Trinajstić information content (AvgIpc) is 2.47. The van der Waals surface area contributed by atoms with Crippen LogP contribution in [0.1, 0.15) is 12.0 Å². The number of thiophene rings is 1. The predicted molar refractivity (Wildman–Crippen MR) is 55.6 cm³/mol. The standard InChI is InChI=1S/C9H8F2N2S/c10-9(11)4-1-2-6(12)5-3-7(13)14-8(4)5/h1-3,9H,12-13H2. The molecular weight excluding hydrogens is 206 g/mol. The van der Waals surface area contributed by atoms with Gasteiger partial charge in [0.2, 0.25) is 0 Å². The maximum atomic E-state index is 12.6. The third kappa shape index (κ3) is 1.29. The fourth-order valence-corrected chi connectivity index (χ4v) is 2.33. The van der Waals surface area contributed by atoms with E-state index < -0.39 is 6.43 Å². The van der Waals surface area contributed by atoms with Gasteiger partial charge in [-0.25, -0.2) is 8.78 Å². The lowest BCUT2D eigenvalue weighted by atomic mass is 10.1. The van der Waals surface area contributed by atoms with Gasteiger partial charge in [-0.2, -0.15) is 0 Å². The number of alkyl halides is 2. The van der Waals surface area contributed by atoms with E-state index in [0.717, 1.165) is 11.3 Å². The number of hydrogen-bond donors (Lipinski definition) is 2. The van der Waals surface area contributed by atoms with Crippen LogP contribution in [0.2, 0.25) is 0 Å². The van der Waals surface area contributed by atoms with Gasteiger partial charge in [0.05, 0.1) is 5.00 Å². The van der Waals surface area contributed by atoms with E-state index in [1.807, 2.05) is 0 Å². The van der Waals surface area contributed by atoms with Crippen LogP contribution in [0, 0.1) is 0 Å². The van der Waals surface area contributed by atoms with Crippen LogP contribution < -0.4 is 11.5 Å². The Hall–Kier alpha value is -1.36. The predicted octanol–water partition coefficient (Wildman–Crippen LogP) is 3.00. The highest BCUT2D eigenvalue weighted by molar-refractivity contribution is 7.22. The largest absolute Gasteiger partial charge is 0.398 e. The Morgan fingerprint density at radius 1 is 1.21 bits per heavy atom. The molecule has 0 bridgehead atoms. The molecule has 74 valence electrons. The van der Waals surface area contributed by atoms with Crippen molar-refractivity contribution in [1.29, 1.82) is 0 Å². The lowest BCUT2D eigenvalue weighted by molar-refractivity contribution is 0.153. The molecule has 0 atom stereocenters. The van der Waals surface area contributed by atoms with Crippen molar-refractivity contribution in [3.63, 3.8) is 0 Å². The summed E-state index contributed by atoms with van der Waals surface area (Å²) in [6, 6.07) is 4.45. The summed E-state index contributed by atoms with van der Waals surface area (Å²) in [5, 5.41) is 1.12. The van der Waals surface area contributed by atoms with Crippen molar-refractivity contribution in [1.82, 2.24) is 0 Å². The van der Waals surface area contributed by atoms with E-state index in [2.05, 4.69) is 0 Å². The molecule has 0 saturated heterocycles. The molecule has 2 aromatic rings. The fraction of sp³-hybridized carbons (Fsp3) is 0.111. The summed E-state index contributed by atoms with van der Waals surface area (Å²) >= 11 is 1.14. The maximum Gasteiger partial charge on any atom is 0.265 e. The summed E-state index contributed by atoms with van der Waals surface area (Å²) < 4.78 is 25.6. The number of fused-ring (bicyclic) bond motifs is 1. The second kappa shape index (κ2) is 3.09. The third-order valence-electron chi connectivity index (χ3n) is 2.00. The molecule has 0 radical (unpaired) electrons. The van der Waals surface area contributed by atoms with Crippen molar-refractivity contribution < 1.29 is 8.78 Å². The highest BCUT2D eigenvalue weighted by Gasteiger charge is 2.14. The van der Waals surface area contributed by atoms with Crippen molar-refractivity contribution in [2.24, 2.45) is 0 Å². The first-order chi connectivity index (χ1) is 6.59. The fourth-order valence-electron chi connectivity index (χ4n) is 1.36. The SMILES string of the molecule is Nc1cc2c(N)ccc(C(F)F)c2s1. The molecule has 0 aliphatic rings. The van der Waals surface area contributed by atoms with Crippen LogP contribution in [-0.2, 0) is 0 Å². The van der Waals surface area contributed by atoms with Crippen LogP contribution in [0.15, 0.2) is 18.2 Å². The molecule has 2 nitrogen and oxygen atoms in total. The molecule has 0 amide bonds. The first-order valence-corrected chi connectivity index (χ1v) is 4.77. The number of benzene rings is 1. The number of halogens is 2. The van der Waals surface area contributed by atoms with Crippen molar-refractivity contribution in [3.8, 4) is 0 Å². The van der Waals surface area contributed by atoms with Gasteiger partial charge in [0, 0.05) is 21.3 Å². The van der Waals surface area contributed by atoms with E-state index >= 15 is 0 Å². The van der Waals surface area contributed by atoms with Gasteiger partial charge in [-0.15, -0.1) is 11.3 Å². The molecule has 4 N–H and O–H groups in total. The van der Waals surface area contributed by atoms with Crippen molar-refractivity contribution in [3.05, 3.63) is 23.8 Å². The van der Waals surface area contributed by atoms with Crippen LogP contribution >= 0.6 is 11.3 Å². The number of anilines is 2. The first kappa shape index (κ1) is 9.21. The van der Waals surface area contributed by atoms with E-state index in [0.29, 0.717) is 20.8 Å². The van der Waals surface area contributed by atoms with E-state index in [4.69, 9.17) is 11.5 Å². The molecule has 5 heteroatoms. The van der Waals surface area contributed by atoms with Crippen molar-refractivity contribution >= 4 is 32.1 Å². The Bertz CT molecular complexity index is 479. The Kier molecular flexibility index (Phi) is 2.03. The molecule has 0 spiro atoms. The quantitative estimate of drug-likeness (QED) is 0.717. The van der Waals surface area contributed by atoms with Gasteiger partial charge in [-0.3, -0.25) is 0 Å². The lowest BCUT2D eigenvalue weighted by Crippen LogP contribution is -1.89. The summed E-state index contributed by atoms with van der Waals surface area (Å²) in [5.41, 5.74) is 11.7. The van der Waals surface area contributed by atoms with Crippen molar-refractivity contribution in [2.75, 3.05) is 11.5 Å². The molecule has 1 heterocycles. The monoisotopic (exact) mass is 214 g/mol. The molecule has 2 rings (SSSR count). The van der Waals surface area contributed by atoms with Gasteiger partial charge in [-0.1, -0.05) is 0 Å². The first-order valence-electron chi connectivity index (χ1n) is 3.95. The molecule has 1 aromatic heterocycles. The highest BCUT2D eigenvalue weighted by Crippen LogP contribution is 2.37. The zero-order valence-corrected chi connectivity index (χ0v) is 7.94. The minimum atomic E-state index is -2.49. The lowest BCUT2D eigenvalue weighted by Gasteiger charge is -2.02. The van der Waals surface area contributed by atoms with E-state index in [-0.39, 0.29) is 5.56 Å². The van der Waals surface area contributed by atoms with Gasteiger partial charge in [-0.05, 0) is 18.2 Å². The summed E-state index contributed by atoms with van der Waals surface area (Å²) in [6.07, 6.45) is -2.49. The molecule has 14 heavy (non-hydrogen) atoms. The zero-order chi connectivity index (χ0) is 10.3. The second-order valence-electron chi connectivity index (χ2n) is 2.94. The van der Waals surface area contributed by atoms with E-state index in [9.17, 15) is 8.78 Å². The zero-order valence-electron chi connectivity index (χ0n) is 7.13. The molecule has 1 aromatic carbocycles. The number of nitrogen functional groups attached to an aromatic ring is 2. The molecule has 0 fully saturated rings. The minimum Gasteiger partial charge on any atom is -0.398 e. The van der Waals surface area contributed by atoms with Crippen LogP contribution in [-0.4, -0.2) is 0 Å². The smallest absolute Gasteiger partial charge is 0.265 e. The average molecular weight is 214 g/mol. The third-order valence-corrected chi connectivity index (χ3v) is 3.02. The number of rotatable bonds is 1.